The van der Waals surface area contributed by atoms with E-state index in [0.29, 0.717) is 5.92 Å². The van der Waals surface area contributed by atoms with Gasteiger partial charge in [0, 0.05) is 30.5 Å². The molecule has 0 bridgehead atoms. The summed E-state index contributed by atoms with van der Waals surface area (Å²) in [7, 11) is 1.73. The average Bonchev–Trinajstić information content (AvgIpc) is 2.97. The van der Waals surface area contributed by atoms with E-state index in [1.54, 1.807) is 11.6 Å². The van der Waals surface area contributed by atoms with Gasteiger partial charge in [-0.3, -0.25) is 4.79 Å². The second-order valence-electron chi connectivity index (χ2n) is 7.38. The van der Waals surface area contributed by atoms with Crippen LogP contribution in [-0.2, 0) is 7.05 Å². The van der Waals surface area contributed by atoms with Crippen LogP contribution < -0.4 is 10.5 Å². The highest BCUT2D eigenvalue weighted by Crippen LogP contribution is 2.34. The number of pyridine rings is 1. The first-order chi connectivity index (χ1) is 13.6. The number of nitriles is 1. The van der Waals surface area contributed by atoms with Crippen LogP contribution in [0.3, 0.4) is 0 Å². The summed E-state index contributed by atoms with van der Waals surface area (Å²) in [5, 5.41) is 11.5. The van der Waals surface area contributed by atoms with E-state index in [1.165, 1.54) is 5.56 Å². The molecule has 4 rings (SSSR count). The van der Waals surface area contributed by atoms with Crippen LogP contribution in [0.15, 0.2) is 53.3 Å². The first kappa shape index (κ1) is 18.6. The summed E-state index contributed by atoms with van der Waals surface area (Å²) in [5.41, 5.74) is 2.97. The Kier molecular flexibility index (Phi) is 5.11. The molecule has 0 amide bonds. The predicted molar refractivity (Wildman–Crippen MR) is 114 cm³/mol. The van der Waals surface area contributed by atoms with Crippen LogP contribution in [0, 0.1) is 11.3 Å². The molecule has 0 aliphatic carbocycles. The Morgan fingerprint density at radius 1 is 1.07 bits per heavy atom. The highest BCUT2D eigenvalue weighted by molar-refractivity contribution is 6.30. The van der Waals surface area contributed by atoms with Crippen molar-refractivity contribution >= 4 is 28.2 Å². The Bertz CT molecular complexity index is 1110. The zero-order valence-electron chi connectivity index (χ0n) is 15.9. The Labute approximate surface area is 169 Å². The van der Waals surface area contributed by atoms with Gasteiger partial charge in [-0.1, -0.05) is 41.9 Å². The van der Waals surface area contributed by atoms with Gasteiger partial charge >= 0.3 is 0 Å². The number of nitrogens with zero attached hydrogens (tertiary/aromatic N) is 3. The van der Waals surface area contributed by atoms with Crippen molar-refractivity contribution in [2.24, 2.45) is 7.05 Å². The molecule has 1 atom stereocenters. The predicted octanol–water partition coefficient (Wildman–Crippen LogP) is 4.84. The van der Waals surface area contributed by atoms with E-state index in [0.717, 1.165) is 54.0 Å². The summed E-state index contributed by atoms with van der Waals surface area (Å²) in [6, 6.07) is 18.1. The fourth-order valence-corrected chi connectivity index (χ4v) is 4.42. The summed E-state index contributed by atoms with van der Waals surface area (Å²) in [6.07, 6.45) is 3.08. The molecule has 2 heterocycles. The number of aryl methyl sites for hydroxylation is 1. The van der Waals surface area contributed by atoms with Crippen molar-refractivity contribution in [3.05, 3.63) is 75.0 Å². The van der Waals surface area contributed by atoms with Gasteiger partial charge in [0.2, 0.25) is 0 Å². The number of hydrogen-bond donors (Lipinski definition) is 0. The Morgan fingerprint density at radius 3 is 2.57 bits per heavy atom. The number of para-hydroxylation sites is 1. The molecule has 1 fully saturated rings. The van der Waals surface area contributed by atoms with Crippen molar-refractivity contribution in [1.29, 1.82) is 5.26 Å². The molecule has 28 heavy (non-hydrogen) atoms. The van der Waals surface area contributed by atoms with Gasteiger partial charge in [-0.15, -0.1) is 0 Å². The molecule has 0 spiro atoms. The lowest BCUT2D eigenvalue weighted by Gasteiger charge is -2.26. The molecule has 0 saturated carbocycles. The van der Waals surface area contributed by atoms with Gasteiger partial charge in [-0.25, -0.2) is 0 Å². The monoisotopic (exact) mass is 391 g/mol. The van der Waals surface area contributed by atoms with Crippen molar-refractivity contribution in [3.8, 4) is 6.07 Å². The molecule has 0 unspecified atom stereocenters. The van der Waals surface area contributed by atoms with Crippen molar-refractivity contribution in [1.82, 2.24) is 4.57 Å². The van der Waals surface area contributed by atoms with Crippen LogP contribution in [0.25, 0.3) is 10.9 Å². The quantitative estimate of drug-likeness (QED) is 0.628. The smallest absolute Gasteiger partial charge is 0.270 e. The highest BCUT2D eigenvalue weighted by Gasteiger charge is 2.24. The first-order valence-electron chi connectivity index (χ1n) is 9.62. The third-order valence-corrected chi connectivity index (χ3v) is 6.03. The largest absolute Gasteiger partial charge is 0.370 e. The lowest BCUT2D eigenvalue weighted by atomic mass is 9.92. The van der Waals surface area contributed by atoms with Crippen LogP contribution in [-0.4, -0.2) is 17.7 Å². The van der Waals surface area contributed by atoms with E-state index in [1.807, 2.05) is 36.4 Å². The number of hydrogen-bond acceptors (Lipinski definition) is 3. The van der Waals surface area contributed by atoms with E-state index < -0.39 is 0 Å². The summed E-state index contributed by atoms with van der Waals surface area (Å²) in [4.78, 5) is 15.0. The van der Waals surface area contributed by atoms with Gasteiger partial charge in [-0.2, -0.15) is 5.26 Å². The molecule has 3 aromatic rings. The molecular weight excluding hydrogens is 370 g/mol. The van der Waals surface area contributed by atoms with Crippen molar-refractivity contribution in [2.45, 2.75) is 25.2 Å². The zero-order valence-corrected chi connectivity index (χ0v) is 16.6. The van der Waals surface area contributed by atoms with Crippen LogP contribution >= 0.6 is 11.6 Å². The highest BCUT2D eigenvalue weighted by atomic mass is 35.5. The number of benzene rings is 2. The third-order valence-electron chi connectivity index (χ3n) is 5.77. The van der Waals surface area contributed by atoms with E-state index in [2.05, 4.69) is 23.1 Å². The second-order valence-corrected chi connectivity index (χ2v) is 7.82. The minimum Gasteiger partial charge on any atom is -0.370 e. The number of aromatic nitrogens is 1. The summed E-state index contributed by atoms with van der Waals surface area (Å²) in [6.45, 7) is 1.66. The Morgan fingerprint density at radius 2 is 1.82 bits per heavy atom. The van der Waals surface area contributed by atoms with Crippen molar-refractivity contribution in [3.63, 3.8) is 0 Å². The molecule has 142 valence electrons. The normalized spacial score (nSPS) is 17.3. The lowest BCUT2D eigenvalue weighted by molar-refractivity contribution is 0.612. The first-order valence-corrected chi connectivity index (χ1v) is 10.00. The van der Waals surface area contributed by atoms with Crippen LogP contribution in [0.4, 0.5) is 5.69 Å². The fourth-order valence-electron chi connectivity index (χ4n) is 4.30. The fraction of sp³-hybridized carbons (Fsp3) is 0.304. The van der Waals surface area contributed by atoms with Gasteiger partial charge in [-0.05, 0) is 48.9 Å². The SMILES string of the molecule is Cn1c(=O)c(C#N)c(N2CCC[C@@H](c3ccc(Cl)cc3)CC2)c2ccccc21. The maximum absolute atomic E-state index is 12.8. The van der Waals surface area contributed by atoms with Gasteiger partial charge < -0.3 is 9.47 Å². The van der Waals surface area contributed by atoms with E-state index >= 15 is 0 Å². The van der Waals surface area contributed by atoms with Gasteiger partial charge in [0.15, 0.2) is 0 Å². The van der Waals surface area contributed by atoms with Crippen LogP contribution in [0.2, 0.25) is 5.02 Å². The molecule has 4 nitrogen and oxygen atoms in total. The average molecular weight is 392 g/mol. The van der Waals surface area contributed by atoms with Gasteiger partial charge in [0.25, 0.3) is 5.56 Å². The molecule has 1 aliphatic heterocycles. The standard InChI is InChI=1S/C23H22ClN3O/c1-26-21-7-3-2-6-19(21)22(20(15-25)23(26)28)27-13-4-5-16(12-14-27)17-8-10-18(24)11-9-17/h2-3,6-11,16H,4-5,12-14H2,1H3/t16-/m1/s1. The molecule has 0 radical (unpaired) electrons. The maximum atomic E-state index is 12.8. The van der Waals surface area contributed by atoms with E-state index in [-0.39, 0.29) is 11.1 Å². The van der Waals surface area contributed by atoms with E-state index in [9.17, 15) is 10.1 Å². The van der Waals surface area contributed by atoms with Crippen LogP contribution in [0.5, 0.6) is 0 Å². The molecule has 2 aromatic carbocycles. The molecule has 0 N–H and O–H groups in total. The summed E-state index contributed by atoms with van der Waals surface area (Å²) in [5.74, 6) is 0.464. The minimum atomic E-state index is -0.227. The molecule has 5 heteroatoms. The molecule has 1 aliphatic rings. The van der Waals surface area contributed by atoms with Crippen LogP contribution in [0.1, 0.15) is 36.3 Å². The minimum absolute atomic E-state index is 0.227. The maximum Gasteiger partial charge on any atom is 0.270 e. The molecular formula is C23H22ClN3O. The third kappa shape index (κ3) is 3.27. The zero-order chi connectivity index (χ0) is 19.7. The number of fused-ring (bicyclic) bond motifs is 1. The number of halogens is 1. The number of anilines is 1. The molecule has 1 saturated heterocycles. The van der Waals surface area contributed by atoms with E-state index in [4.69, 9.17) is 11.6 Å². The number of rotatable bonds is 2. The van der Waals surface area contributed by atoms with Gasteiger partial charge in [0.1, 0.15) is 11.6 Å². The Hall–Kier alpha value is -2.77. The summed E-state index contributed by atoms with van der Waals surface area (Å²) >= 11 is 6.03. The second kappa shape index (κ2) is 7.69. The Balaban J connectivity index is 1.73. The topological polar surface area (TPSA) is 49.0 Å². The van der Waals surface area contributed by atoms with Gasteiger partial charge in [0.05, 0.1) is 11.2 Å². The summed E-state index contributed by atoms with van der Waals surface area (Å²) < 4.78 is 1.58. The van der Waals surface area contributed by atoms with Crippen molar-refractivity contribution < 1.29 is 0 Å². The van der Waals surface area contributed by atoms with Crippen molar-refractivity contribution in [2.75, 3.05) is 18.0 Å². The molecule has 1 aromatic heterocycles. The lowest BCUT2D eigenvalue weighted by Crippen LogP contribution is -2.30.